The van der Waals surface area contributed by atoms with Crippen LogP contribution in [0.15, 0.2) is 41.3 Å². The van der Waals surface area contributed by atoms with Crippen LogP contribution in [-0.2, 0) is 14.8 Å². The predicted octanol–water partition coefficient (Wildman–Crippen LogP) is 2.96. The van der Waals surface area contributed by atoms with Gasteiger partial charge in [0.25, 0.3) is 0 Å². The Hall–Kier alpha value is -2.00. The van der Waals surface area contributed by atoms with Gasteiger partial charge < -0.3 is 9.64 Å². The second-order valence-corrected chi connectivity index (χ2v) is 10.8. The van der Waals surface area contributed by atoms with Gasteiger partial charge in [0.05, 0.1) is 17.6 Å². The van der Waals surface area contributed by atoms with Gasteiger partial charge in [-0.1, -0.05) is 12.1 Å². The van der Waals surface area contributed by atoms with Gasteiger partial charge in [-0.15, -0.1) is 0 Å². The molecule has 6 nitrogen and oxygen atoms in total. The average Bonchev–Trinajstić information content (AvgIpc) is 2.78. The third-order valence-corrected chi connectivity index (χ3v) is 8.43. The number of sulfonamides is 1. The molecule has 0 bridgehead atoms. The molecule has 2 fully saturated rings. The van der Waals surface area contributed by atoms with Crippen LogP contribution in [0.2, 0.25) is 0 Å². The SMILES string of the molecule is Cc1ccc(N2CCN(CC3CN(S(=O)(=O)c4ccc(C)c(F)c4)CCO3)CC2)cc1C. The summed E-state index contributed by atoms with van der Waals surface area (Å²) in [5, 5.41) is 0. The van der Waals surface area contributed by atoms with Gasteiger partial charge in [0.1, 0.15) is 5.82 Å². The van der Waals surface area contributed by atoms with Gasteiger partial charge >= 0.3 is 0 Å². The molecule has 2 aliphatic heterocycles. The number of ether oxygens (including phenoxy) is 1. The number of hydrogen-bond acceptors (Lipinski definition) is 5. The molecule has 32 heavy (non-hydrogen) atoms. The summed E-state index contributed by atoms with van der Waals surface area (Å²) in [6.45, 7) is 11.2. The van der Waals surface area contributed by atoms with Crippen molar-refractivity contribution in [2.45, 2.75) is 31.8 Å². The minimum atomic E-state index is -3.74. The Bertz CT molecular complexity index is 1070. The van der Waals surface area contributed by atoms with E-state index < -0.39 is 15.8 Å². The third-order valence-electron chi connectivity index (χ3n) is 6.57. The van der Waals surface area contributed by atoms with Crippen molar-refractivity contribution in [1.29, 1.82) is 0 Å². The van der Waals surface area contributed by atoms with Crippen molar-refractivity contribution in [2.75, 3.05) is 57.3 Å². The van der Waals surface area contributed by atoms with Gasteiger partial charge in [-0.3, -0.25) is 4.90 Å². The van der Waals surface area contributed by atoms with E-state index in [4.69, 9.17) is 4.74 Å². The molecule has 2 heterocycles. The lowest BCUT2D eigenvalue weighted by Gasteiger charge is -2.39. The number of piperazine rings is 1. The van der Waals surface area contributed by atoms with Crippen LogP contribution in [0, 0.1) is 26.6 Å². The zero-order valence-electron chi connectivity index (χ0n) is 19.1. The Morgan fingerprint density at radius 1 is 0.938 bits per heavy atom. The molecule has 2 aromatic rings. The second kappa shape index (κ2) is 9.47. The highest BCUT2D eigenvalue weighted by atomic mass is 32.2. The van der Waals surface area contributed by atoms with Gasteiger partial charge in [-0.2, -0.15) is 4.31 Å². The fourth-order valence-corrected chi connectivity index (χ4v) is 5.77. The van der Waals surface area contributed by atoms with E-state index in [1.54, 1.807) is 6.92 Å². The van der Waals surface area contributed by atoms with E-state index in [1.165, 1.54) is 33.3 Å². The Morgan fingerprint density at radius 2 is 1.66 bits per heavy atom. The van der Waals surface area contributed by atoms with Crippen LogP contribution >= 0.6 is 0 Å². The van der Waals surface area contributed by atoms with Crippen molar-refractivity contribution >= 4 is 15.7 Å². The summed E-state index contributed by atoms with van der Waals surface area (Å²) in [7, 11) is -3.74. The number of morpholine rings is 1. The summed E-state index contributed by atoms with van der Waals surface area (Å²) >= 11 is 0. The van der Waals surface area contributed by atoms with E-state index in [1.807, 2.05) is 0 Å². The zero-order chi connectivity index (χ0) is 22.9. The maximum Gasteiger partial charge on any atom is 0.243 e. The summed E-state index contributed by atoms with van der Waals surface area (Å²) in [5.74, 6) is -0.502. The number of benzene rings is 2. The average molecular weight is 462 g/mol. The van der Waals surface area contributed by atoms with Crippen LogP contribution in [0.1, 0.15) is 16.7 Å². The molecule has 2 aromatic carbocycles. The molecule has 0 saturated carbocycles. The molecule has 1 atom stereocenters. The maximum atomic E-state index is 13.9. The Kier molecular flexibility index (Phi) is 6.86. The van der Waals surface area contributed by atoms with Crippen molar-refractivity contribution < 1.29 is 17.5 Å². The smallest absolute Gasteiger partial charge is 0.243 e. The first-order valence-corrected chi connectivity index (χ1v) is 12.6. The van der Waals surface area contributed by atoms with E-state index in [0.717, 1.165) is 32.2 Å². The largest absolute Gasteiger partial charge is 0.374 e. The molecule has 4 rings (SSSR count). The van der Waals surface area contributed by atoms with Gasteiger partial charge in [-0.25, -0.2) is 12.8 Å². The van der Waals surface area contributed by atoms with Crippen molar-refractivity contribution in [3.05, 3.63) is 58.9 Å². The standard InChI is InChI=1S/C24H32FN3O3S/c1-18-4-6-21(14-20(18)3)27-10-8-26(9-11-27)16-22-17-28(12-13-31-22)32(29,30)23-7-5-19(2)24(25)15-23/h4-7,14-15,22H,8-13,16-17H2,1-3H3. The van der Waals surface area contributed by atoms with Crippen LogP contribution in [0.5, 0.6) is 0 Å². The summed E-state index contributed by atoms with van der Waals surface area (Å²) in [4.78, 5) is 4.74. The lowest BCUT2D eigenvalue weighted by Crippen LogP contribution is -2.53. The summed E-state index contributed by atoms with van der Waals surface area (Å²) in [6, 6.07) is 10.7. The van der Waals surface area contributed by atoms with Crippen molar-refractivity contribution in [1.82, 2.24) is 9.21 Å². The fraction of sp³-hybridized carbons (Fsp3) is 0.500. The van der Waals surface area contributed by atoms with Crippen LogP contribution in [0.25, 0.3) is 0 Å². The number of rotatable bonds is 5. The molecular formula is C24H32FN3O3S. The number of halogens is 1. The van der Waals surface area contributed by atoms with E-state index in [2.05, 4.69) is 41.8 Å². The summed E-state index contributed by atoms with van der Waals surface area (Å²) in [5.41, 5.74) is 4.29. The van der Waals surface area contributed by atoms with Gasteiger partial charge in [0.2, 0.25) is 10.0 Å². The van der Waals surface area contributed by atoms with Crippen molar-refractivity contribution in [2.24, 2.45) is 0 Å². The molecule has 174 valence electrons. The molecule has 2 saturated heterocycles. The first kappa shape index (κ1) is 23.2. The highest BCUT2D eigenvalue weighted by Crippen LogP contribution is 2.23. The predicted molar refractivity (Wildman–Crippen MR) is 124 cm³/mol. The topological polar surface area (TPSA) is 53.1 Å². The first-order chi connectivity index (χ1) is 15.2. The fourth-order valence-electron chi connectivity index (χ4n) is 4.30. The van der Waals surface area contributed by atoms with Crippen molar-refractivity contribution in [3.8, 4) is 0 Å². The molecule has 8 heteroatoms. The number of anilines is 1. The minimum Gasteiger partial charge on any atom is -0.374 e. The maximum absolute atomic E-state index is 13.9. The second-order valence-electron chi connectivity index (χ2n) is 8.82. The van der Waals surface area contributed by atoms with Gasteiger partial charge in [0, 0.05) is 51.5 Å². The normalized spacial score (nSPS) is 21.1. The molecule has 2 aliphatic rings. The highest BCUT2D eigenvalue weighted by molar-refractivity contribution is 7.89. The van der Waals surface area contributed by atoms with Crippen LogP contribution in [-0.4, -0.2) is 76.1 Å². The Balaban J connectivity index is 1.34. The summed E-state index contributed by atoms with van der Waals surface area (Å²) in [6.07, 6.45) is -0.193. The quantitative estimate of drug-likeness (QED) is 0.685. The Labute approximate surface area is 190 Å². The number of hydrogen-bond donors (Lipinski definition) is 0. The van der Waals surface area contributed by atoms with Crippen LogP contribution in [0.3, 0.4) is 0 Å². The lowest BCUT2D eigenvalue weighted by atomic mass is 10.1. The van der Waals surface area contributed by atoms with E-state index in [-0.39, 0.29) is 24.1 Å². The van der Waals surface area contributed by atoms with Gasteiger partial charge in [0.15, 0.2) is 0 Å². The molecular weight excluding hydrogens is 429 g/mol. The molecule has 0 aliphatic carbocycles. The molecule has 1 unspecified atom stereocenters. The molecule has 0 aromatic heterocycles. The third kappa shape index (κ3) is 4.98. The monoisotopic (exact) mass is 461 g/mol. The van der Waals surface area contributed by atoms with Crippen LogP contribution in [0.4, 0.5) is 10.1 Å². The van der Waals surface area contributed by atoms with E-state index in [9.17, 15) is 12.8 Å². The molecule has 0 N–H and O–H groups in total. The minimum absolute atomic E-state index is 0.00301. The zero-order valence-corrected chi connectivity index (χ0v) is 19.9. The van der Waals surface area contributed by atoms with Crippen LogP contribution < -0.4 is 4.90 Å². The van der Waals surface area contributed by atoms with E-state index in [0.29, 0.717) is 18.7 Å². The van der Waals surface area contributed by atoms with Crippen molar-refractivity contribution in [3.63, 3.8) is 0 Å². The molecule has 0 amide bonds. The number of aryl methyl sites for hydroxylation is 3. The first-order valence-electron chi connectivity index (χ1n) is 11.2. The Morgan fingerprint density at radius 3 is 2.34 bits per heavy atom. The molecule has 0 radical (unpaired) electrons. The number of nitrogens with zero attached hydrogens (tertiary/aromatic N) is 3. The molecule has 0 spiro atoms. The summed E-state index contributed by atoms with van der Waals surface area (Å²) < 4.78 is 47.3. The lowest BCUT2D eigenvalue weighted by molar-refractivity contribution is -0.0206. The van der Waals surface area contributed by atoms with E-state index >= 15 is 0 Å². The highest BCUT2D eigenvalue weighted by Gasteiger charge is 2.32. The van der Waals surface area contributed by atoms with Gasteiger partial charge in [-0.05, 0) is 61.7 Å².